The highest BCUT2D eigenvalue weighted by molar-refractivity contribution is 5.97. The normalized spacial score (nSPS) is 11.9. The first-order valence-corrected chi connectivity index (χ1v) is 9.62. The van der Waals surface area contributed by atoms with E-state index in [1.165, 1.54) is 6.26 Å². The van der Waals surface area contributed by atoms with Crippen LogP contribution in [0.1, 0.15) is 33.5 Å². The highest BCUT2D eigenvalue weighted by atomic mass is 16.3. The van der Waals surface area contributed by atoms with Crippen molar-refractivity contribution >= 4 is 22.8 Å². The van der Waals surface area contributed by atoms with Crippen molar-refractivity contribution in [3.05, 3.63) is 89.6 Å². The molecule has 2 amide bonds. The lowest BCUT2D eigenvalue weighted by Crippen LogP contribution is -2.39. The summed E-state index contributed by atoms with van der Waals surface area (Å²) in [6.07, 6.45) is 1.45. The molecule has 0 fully saturated rings. The summed E-state index contributed by atoms with van der Waals surface area (Å²) in [5.41, 5.74) is 3.15. The SMILES string of the molecule is Cc1occc1C(=O)NCC(=O)NC(c1ccccc1)c1nc2ccccc2n1C. The lowest BCUT2D eigenvalue weighted by molar-refractivity contribution is -0.120. The fourth-order valence-electron chi connectivity index (χ4n) is 3.45. The van der Waals surface area contributed by atoms with Crippen LogP contribution in [-0.2, 0) is 11.8 Å². The van der Waals surface area contributed by atoms with Crippen LogP contribution >= 0.6 is 0 Å². The molecular formula is C23H22N4O3. The molecule has 0 aliphatic rings. The molecule has 0 radical (unpaired) electrons. The van der Waals surface area contributed by atoms with Crippen LogP contribution in [0.5, 0.6) is 0 Å². The van der Waals surface area contributed by atoms with E-state index in [2.05, 4.69) is 10.6 Å². The summed E-state index contributed by atoms with van der Waals surface area (Å²) in [7, 11) is 1.93. The molecule has 0 saturated carbocycles. The second-order valence-corrected chi connectivity index (χ2v) is 7.00. The lowest BCUT2D eigenvalue weighted by Gasteiger charge is -2.19. The minimum Gasteiger partial charge on any atom is -0.469 e. The number of rotatable bonds is 6. The minimum absolute atomic E-state index is 0.156. The first-order chi connectivity index (χ1) is 14.5. The molecule has 0 spiro atoms. The average Bonchev–Trinajstić information content (AvgIpc) is 3.34. The van der Waals surface area contributed by atoms with Gasteiger partial charge in [0.05, 0.1) is 29.4 Å². The number of aromatic nitrogens is 2. The maximum atomic E-state index is 12.7. The van der Waals surface area contributed by atoms with Crippen LogP contribution in [0.2, 0.25) is 0 Å². The number of hydrogen-bond acceptors (Lipinski definition) is 4. The van der Waals surface area contributed by atoms with E-state index in [1.807, 2.05) is 66.2 Å². The number of carbonyl (C=O) groups excluding carboxylic acids is 2. The Labute approximate surface area is 173 Å². The molecule has 2 N–H and O–H groups in total. The van der Waals surface area contributed by atoms with Crippen molar-refractivity contribution in [1.82, 2.24) is 20.2 Å². The van der Waals surface area contributed by atoms with Gasteiger partial charge in [-0.15, -0.1) is 0 Å². The van der Waals surface area contributed by atoms with Gasteiger partial charge in [-0.3, -0.25) is 9.59 Å². The number of nitrogens with one attached hydrogen (secondary N) is 2. The molecule has 1 atom stereocenters. The molecule has 2 aromatic heterocycles. The molecule has 2 aromatic carbocycles. The van der Waals surface area contributed by atoms with Gasteiger partial charge >= 0.3 is 0 Å². The van der Waals surface area contributed by atoms with Crippen LogP contribution in [0, 0.1) is 6.92 Å². The summed E-state index contributed by atoms with van der Waals surface area (Å²) >= 11 is 0. The molecule has 152 valence electrons. The number of amides is 2. The predicted octanol–water partition coefficient (Wildman–Crippen LogP) is 3.11. The summed E-state index contributed by atoms with van der Waals surface area (Å²) < 4.78 is 7.12. The van der Waals surface area contributed by atoms with E-state index in [9.17, 15) is 9.59 Å². The van der Waals surface area contributed by atoms with Crippen LogP contribution in [-0.4, -0.2) is 27.9 Å². The Morgan fingerprint density at radius 2 is 1.80 bits per heavy atom. The Bertz CT molecular complexity index is 1190. The van der Waals surface area contributed by atoms with Gasteiger partial charge in [-0.1, -0.05) is 42.5 Å². The minimum atomic E-state index is -0.455. The summed E-state index contributed by atoms with van der Waals surface area (Å²) in [6, 6.07) is 18.6. The van der Waals surface area contributed by atoms with Crippen molar-refractivity contribution < 1.29 is 14.0 Å². The van der Waals surface area contributed by atoms with Gasteiger partial charge in [-0.05, 0) is 30.7 Å². The summed E-state index contributed by atoms with van der Waals surface area (Å²) in [4.78, 5) is 29.7. The number of carbonyl (C=O) groups is 2. The Kier molecular flexibility index (Phi) is 5.34. The van der Waals surface area contributed by atoms with Crippen molar-refractivity contribution in [2.45, 2.75) is 13.0 Å². The van der Waals surface area contributed by atoms with Gasteiger partial charge in [-0.25, -0.2) is 4.98 Å². The van der Waals surface area contributed by atoms with Crippen molar-refractivity contribution in [2.75, 3.05) is 6.54 Å². The predicted molar refractivity (Wildman–Crippen MR) is 113 cm³/mol. The zero-order valence-electron chi connectivity index (χ0n) is 16.8. The molecule has 4 aromatic rings. The molecule has 0 aliphatic heterocycles. The Hall–Kier alpha value is -3.87. The van der Waals surface area contributed by atoms with E-state index in [-0.39, 0.29) is 18.4 Å². The zero-order valence-corrected chi connectivity index (χ0v) is 16.8. The standard InChI is InChI=1S/C23H22N4O3/c1-15-17(12-13-30-15)23(29)24-14-20(28)26-21(16-8-4-3-5-9-16)22-25-18-10-6-7-11-19(18)27(22)2/h3-13,21H,14H2,1-2H3,(H,24,29)(H,26,28). The van der Waals surface area contributed by atoms with E-state index < -0.39 is 6.04 Å². The van der Waals surface area contributed by atoms with Gasteiger partial charge < -0.3 is 19.6 Å². The number of benzene rings is 2. The maximum Gasteiger partial charge on any atom is 0.255 e. The Morgan fingerprint density at radius 1 is 1.07 bits per heavy atom. The highest BCUT2D eigenvalue weighted by Gasteiger charge is 2.23. The number of para-hydroxylation sites is 2. The number of nitrogens with zero attached hydrogens (tertiary/aromatic N) is 2. The third kappa shape index (κ3) is 3.82. The van der Waals surface area contributed by atoms with E-state index in [0.29, 0.717) is 17.1 Å². The van der Waals surface area contributed by atoms with Crippen molar-refractivity contribution in [2.24, 2.45) is 7.05 Å². The Balaban J connectivity index is 1.56. The van der Waals surface area contributed by atoms with Crippen LogP contribution in [0.4, 0.5) is 0 Å². The molecule has 2 heterocycles. The molecule has 1 unspecified atom stereocenters. The lowest BCUT2D eigenvalue weighted by atomic mass is 10.1. The largest absolute Gasteiger partial charge is 0.469 e. The van der Waals surface area contributed by atoms with Gasteiger partial charge in [0.1, 0.15) is 17.6 Å². The van der Waals surface area contributed by atoms with Crippen molar-refractivity contribution in [1.29, 1.82) is 0 Å². The molecule has 0 saturated heterocycles. The third-order valence-electron chi connectivity index (χ3n) is 5.03. The first kappa shape index (κ1) is 19.4. The quantitative estimate of drug-likeness (QED) is 0.519. The third-order valence-corrected chi connectivity index (χ3v) is 5.03. The highest BCUT2D eigenvalue weighted by Crippen LogP contribution is 2.24. The first-order valence-electron chi connectivity index (χ1n) is 9.62. The van der Waals surface area contributed by atoms with Gasteiger partial charge in [0, 0.05) is 7.05 Å². The number of fused-ring (bicyclic) bond motifs is 1. The van der Waals surface area contributed by atoms with Crippen LogP contribution in [0.3, 0.4) is 0 Å². The molecular weight excluding hydrogens is 380 g/mol. The fourth-order valence-corrected chi connectivity index (χ4v) is 3.45. The monoisotopic (exact) mass is 402 g/mol. The second-order valence-electron chi connectivity index (χ2n) is 7.00. The molecule has 4 rings (SSSR count). The molecule has 0 aliphatic carbocycles. The number of furan rings is 1. The van der Waals surface area contributed by atoms with Crippen molar-refractivity contribution in [3.8, 4) is 0 Å². The maximum absolute atomic E-state index is 12.7. The van der Waals surface area contributed by atoms with Crippen LogP contribution < -0.4 is 10.6 Å². The molecule has 30 heavy (non-hydrogen) atoms. The van der Waals surface area contributed by atoms with E-state index in [4.69, 9.17) is 9.40 Å². The molecule has 7 heteroatoms. The van der Waals surface area contributed by atoms with E-state index in [0.717, 1.165) is 16.6 Å². The zero-order chi connectivity index (χ0) is 21.1. The van der Waals surface area contributed by atoms with Crippen LogP contribution in [0.25, 0.3) is 11.0 Å². The van der Waals surface area contributed by atoms with Crippen LogP contribution in [0.15, 0.2) is 71.3 Å². The Morgan fingerprint density at radius 3 is 2.50 bits per heavy atom. The number of aryl methyl sites for hydroxylation is 2. The summed E-state index contributed by atoms with van der Waals surface area (Å²) in [5, 5.41) is 5.64. The number of imidazole rings is 1. The average molecular weight is 402 g/mol. The fraction of sp³-hybridized carbons (Fsp3) is 0.174. The summed E-state index contributed by atoms with van der Waals surface area (Å²) in [6.45, 7) is 1.54. The van der Waals surface area contributed by atoms with Gasteiger partial charge in [0.25, 0.3) is 5.91 Å². The van der Waals surface area contributed by atoms with Gasteiger partial charge in [0.15, 0.2) is 0 Å². The van der Waals surface area contributed by atoms with Gasteiger partial charge in [0.2, 0.25) is 5.91 Å². The second kappa shape index (κ2) is 8.24. The topological polar surface area (TPSA) is 89.2 Å². The number of hydrogen-bond donors (Lipinski definition) is 2. The van der Waals surface area contributed by atoms with Crippen molar-refractivity contribution in [3.63, 3.8) is 0 Å². The summed E-state index contributed by atoms with van der Waals surface area (Å²) in [5.74, 6) is 0.559. The van der Waals surface area contributed by atoms with Gasteiger partial charge in [-0.2, -0.15) is 0 Å². The van der Waals surface area contributed by atoms with E-state index >= 15 is 0 Å². The molecule has 7 nitrogen and oxygen atoms in total. The van der Waals surface area contributed by atoms with E-state index in [1.54, 1.807) is 13.0 Å². The molecule has 0 bridgehead atoms. The smallest absolute Gasteiger partial charge is 0.255 e.